The molecule has 0 unspecified atom stereocenters. The summed E-state index contributed by atoms with van der Waals surface area (Å²) in [5, 5.41) is 9.14. The van der Waals surface area contributed by atoms with Crippen molar-refractivity contribution in [3.63, 3.8) is 0 Å². The lowest BCUT2D eigenvalue weighted by Gasteiger charge is -2.09. The zero-order chi connectivity index (χ0) is 19.5. The Hall–Kier alpha value is -3.03. The van der Waals surface area contributed by atoms with E-state index in [0.717, 1.165) is 15.7 Å². The molecule has 1 aromatic heterocycles. The highest BCUT2D eigenvalue weighted by Crippen LogP contribution is 2.33. The number of amides is 1. The van der Waals surface area contributed by atoms with Crippen molar-refractivity contribution in [2.45, 2.75) is 4.90 Å². The summed E-state index contributed by atoms with van der Waals surface area (Å²) in [5.41, 5.74) is 1.24. The van der Waals surface area contributed by atoms with Crippen LogP contribution in [0.25, 0.3) is 22.2 Å². The fourth-order valence-corrected chi connectivity index (χ4v) is 4.07. The lowest BCUT2D eigenvalue weighted by Crippen LogP contribution is -2.14. The average Bonchev–Trinajstić information content (AvgIpc) is 3.13. The minimum absolute atomic E-state index is 0.153. The number of hydrogen-bond acceptors (Lipinski definition) is 5. The normalized spacial score (nSPS) is 10.9. The van der Waals surface area contributed by atoms with Crippen molar-refractivity contribution in [1.29, 1.82) is 0 Å². The monoisotopic (exact) mass is 411 g/mol. The van der Waals surface area contributed by atoms with Gasteiger partial charge in [0.1, 0.15) is 0 Å². The Morgan fingerprint density at radius 1 is 1.14 bits per heavy atom. The van der Waals surface area contributed by atoms with Crippen LogP contribution in [-0.2, 0) is 4.79 Å². The molecule has 3 aromatic carbocycles. The molecule has 0 fully saturated rings. The second-order valence-corrected chi connectivity index (χ2v) is 7.38. The molecule has 1 amide bonds. The van der Waals surface area contributed by atoms with Gasteiger partial charge in [-0.05, 0) is 29.7 Å². The number of halogens is 1. The van der Waals surface area contributed by atoms with E-state index < -0.39 is 5.76 Å². The minimum Gasteiger partial charge on any atom is -0.325 e. The first-order valence-corrected chi connectivity index (χ1v) is 9.73. The van der Waals surface area contributed by atoms with Crippen LogP contribution in [0, 0.1) is 0 Å². The first-order valence-electron chi connectivity index (χ1n) is 8.36. The maximum Gasteiger partial charge on any atom is 0.439 e. The molecule has 28 heavy (non-hydrogen) atoms. The van der Waals surface area contributed by atoms with E-state index in [1.54, 1.807) is 24.3 Å². The number of anilines is 1. The second kappa shape index (κ2) is 7.92. The molecule has 2 N–H and O–H groups in total. The standard InChI is InChI=1S/C20H14ClN3O3S/c21-15-8-2-4-12-5-3-9-16(18(12)15)28-11-17(25)22-14-7-1-6-13(10-14)19-23-20(26)27-24-19/h1-10H,11H2,(H,22,25)(H,23,24,26). The third-order valence-corrected chi connectivity index (χ3v) is 5.41. The molecule has 0 saturated heterocycles. The summed E-state index contributed by atoms with van der Waals surface area (Å²) in [6.07, 6.45) is 0. The van der Waals surface area contributed by atoms with Crippen LogP contribution < -0.4 is 11.1 Å². The molecule has 0 spiro atoms. The number of H-pyrrole nitrogens is 1. The van der Waals surface area contributed by atoms with Crippen LogP contribution in [0.4, 0.5) is 5.69 Å². The Morgan fingerprint density at radius 2 is 1.93 bits per heavy atom. The van der Waals surface area contributed by atoms with E-state index in [4.69, 9.17) is 11.6 Å². The third kappa shape index (κ3) is 3.95. The van der Waals surface area contributed by atoms with Gasteiger partial charge in [0.05, 0.1) is 5.75 Å². The van der Waals surface area contributed by atoms with Crippen LogP contribution in [0.3, 0.4) is 0 Å². The number of carbonyl (C=O) groups is 1. The van der Waals surface area contributed by atoms with Crippen LogP contribution in [0.1, 0.15) is 0 Å². The molecule has 0 aliphatic rings. The highest BCUT2D eigenvalue weighted by Gasteiger charge is 2.10. The molecule has 6 nitrogen and oxygen atoms in total. The van der Waals surface area contributed by atoms with E-state index in [2.05, 4.69) is 20.0 Å². The van der Waals surface area contributed by atoms with Crippen LogP contribution in [0.5, 0.6) is 0 Å². The molecular formula is C20H14ClN3O3S. The van der Waals surface area contributed by atoms with Crippen molar-refractivity contribution >= 4 is 45.7 Å². The summed E-state index contributed by atoms with van der Waals surface area (Å²) in [6.45, 7) is 0. The van der Waals surface area contributed by atoms with Gasteiger partial charge in [0.25, 0.3) is 0 Å². The predicted molar refractivity (Wildman–Crippen MR) is 111 cm³/mol. The smallest absolute Gasteiger partial charge is 0.325 e. The van der Waals surface area contributed by atoms with E-state index in [1.165, 1.54) is 11.8 Å². The average molecular weight is 412 g/mol. The molecular weight excluding hydrogens is 398 g/mol. The van der Waals surface area contributed by atoms with E-state index in [1.807, 2.05) is 36.4 Å². The first kappa shape index (κ1) is 18.3. The van der Waals surface area contributed by atoms with Crippen molar-refractivity contribution < 1.29 is 9.32 Å². The van der Waals surface area contributed by atoms with Gasteiger partial charge in [-0.25, -0.2) is 4.79 Å². The molecule has 0 saturated carbocycles. The summed E-state index contributed by atoms with van der Waals surface area (Å²) in [4.78, 5) is 26.9. The fraction of sp³-hybridized carbons (Fsp3) is 0.0500. The quantitative estimate of drug-likeness (QED) is 0.470. The molecule has 0 radical (unpaired) electrons. The maximum atomic E-state index is 12.4. The molecule has 0 aliphatic heterocycles. The van der Waals surface area contributed by atoms with Gasteiger partial charge in [0.15, 0.2) is 5.82 Å². The number of nitrogens with zero attached hydrogens (tertiary/aromatic N) is 1. The van der Waals surface area contributed by atoms with Crippen molar-refractivity contribution in [1.82, 2.24) is 10.1 Å². The Kier molecular flexibility index (Phi) is 5.18. The number of rotatable bonds is 5. The summed E-state index contributed by atoms with van der Waals surface area (Å²) >= 11 is 7.76. The number of hydrogen-bond donors (Lipinski definition) is 2. The molecule has 8 heteroatoms. The highest BCUT2D eigenvalue weighted by atomic mass is 35.5. The minimum atomic E-state index is -0.630. The second-order valence-electron chi connectivity index (χ2n) is 5.96. The van der Waals surface area contributed by atoms with Gasteiger partial charge in [-0.15, -0.1) is 11.8 Å². The van der Waals surface area contributed by atoms with Gasteiger partial charge in [-0.3, -0.25) is 14.3 Å². The van der Waals surface area contributed by atoms with Crippen molar-refractivity contribution in [3.05, 3.63) is 76.2 Å². The molecule has 0 bridgehead atoms. The summed E-state index contributed by atoms with van der Waals surface area (Å²) < 4.78 is 4.51. The Bertz CT molecular complexity index is 1210. The summed E-state index contributed by atoms with van der Waals surface area (Å²) in [5.74, 6) is -0.245. The van der Waals surface area contributed by atoms with Crippen LogP contribution in [0.15, 0.2) is 74.9 Å². The number of aromatic nitrogens is 2. The molecule has 140 valence electrons. The summed E-state index contributed by atoms with van der Waals surface area (Å²) in [6, 6.07) is 18.6. The van der Waals surface area contributed by atoms with Gasteiger partial charge >= 0.3 is 5.76 Å². The van der Waals surface area contributed by atoms with E-state index in [9.17, 15) is 9.59 Å². The lowest BCUT2D eigenvalue weighted by atomic mass is 10.1. The maximum absolute atomic E-state index is 12.4. The van der Waals surface area contributed by atoms with E-state index >= 15 is 0 Å². The SMILES string of the molecule is O=C(CSc1cccc2cccc(Cl)c12)Nc1cccc(-c2noc(=O)[nH]2)c1. The van der Waals surface area contributed by atoms with Crippen LogP contribution in [0.2, 0.25) is 5.02 Å². The van der Waals surface area contributed by atoms with Gasteiger partial charge in [0, 0.05) is 26.6 Å². The summed E-state index contributed by atoms with van der Waals surface area (Å²) in [7, 11) is 0. The number of thioether (sulfide) groups is 1. The van der Waals surface area contributed by atoms with Gasteiger partial charge in [-0.2, -0.15) is 0 Å². The van der Waals surface area contributed by atoms with Gasteiger partial charge < -0.3 is 5.32 Å². The Balaban J connectivity index is 1.47. The fourth-order valence-electron chi connectivity index (χ4n) is 2.82. The highest BCUT2D eigenvalue weighted by molar-refractivity contribution is 8.00. The molecule has 1 heterocycles. The van der Waals surface area contributed by atoms with Gasteiger partial charge in [-0.1, -0.05) is 53.2 Å². The van der Waals surface area contributed by atoms with Crippen molar-refractivity contribution in [3.8, 4) is 11.4 Å². The van der Waals surface area contributed by atoms with Gasteiger partial charge in [0.2, 0.25) is 5.91 Å². The van der Waals surface area contributed by atoms with Crippen molar-refractivity contribution in [2.75, 3.05) is 11.1 Å². The van der Waals surface area contributed by atoms with Crippen molar-refractivity contribution in [2.24, 2.45) is 0 Å². The van der Waals surface area contributed by atoms with E-state index in [-0.39, 0.29) is 11.7 Å². The largest absolute Gasteiger partial charge is 0.439 e. The molecule has 0 aliphatic carbocycles. The number of benzene rings is 3. The van der Waals surface area contributed by atoms with Crippen LogP contribution >= 0.6 is 23.4 Å². The molecule has 0 atom stereocenters. The zero-order valence-corrected chi connectivity index (χ0v) is 16.0. The number of carbonyl (C=O) groups excluding carboxylic acids is 1. The third-order valence-electron chi connectivity index (χ3n) is 4.03. The first-order chi connectivity index (χ1) is 13.6. The Morgan fingerprint density at radius 3 is 2.71 bits per heavy atom. The number of aromatic amines is 1. The molecule has 4 rings (SSSR count). The van der Waals surface area contributed by atoms with E-state index in [0.29, 0.717) is 22.1 Å². The predicted octanol–water partition coefficient (Wildman–Crippen LogP) is 4.57. The molecule has 4 aromatic rings. The zero-order valence-electron chi connectivity index (χ0n) is 14.4. The lowest BCUT2D eigenvalue weighted by molar-refractivity contribution is -0.113. The number of nitrogens with one attached hydrogen (secondary N) is 2. The van der Waals surface area contributed by atoms with Crippen LogP contribution in [-0.4, -0.2) is 21.8 Å². The topological polar surface area (TPSA) is 88.0 Å². The number of fused-ring (bicyclic) bond motifs is 1. The Labute approximate surface area is 168 Å².